The lowest BCUT2D eigenvalue weighted by molar-refractivity contribution is 0.205. The van der Waals surface area contributed by atoms with Crippen LogP contribution in [0.3, 0.4) is 0 Å². The highest BCUT2D eigenvalue weighted by Crippen LogP contribution is 2.33. The number of nitrogens with zero attached hydrogens (tertiary/aromatic N) is 4. The first kappa shape index (κ1) is 25.8. The number of nitrogens with one attached hydrogen (secondary N) is 1. The number of ether oxygens (including phenoxy) is 2. The molecule has 0 radical (unpaired) electrons. The summed E-state index contributed by atoms with van der Waals surface area (Å²) in [6, 6.07) is 15.4. The number of hydrogen-bond acceptors (Lipinski definition) is 6. The van der Waals surface area contributed by atoms with Crippen LogP contribution in [-0.4, -0.2) is 47.6 Å². The first-order valence-electron chi connectivity index (χ1n) is 13.5. The summed E-state index contributed by atoms with van der Waals surface area (Å²) >= 11 is 0. The number of benzene rings is 2. The van der Waals surface area contributed by atoms with Crippen LogP contribution in [0.25, 0.3) is 0 Å². The number of rotatable bonds is 6. The fourth-order valence-corrected chi connectivity index (χ4v) is 4.91. The molecular weight excluding hydrogens is 478 g/mol. The first-order valence-corrected chi connectivity index (χ1v) is 13.5. The molecule has 200 valence electrons. The molecule has 3 aromatic rings. The standard InChI is InChI=1S/C30H37N5O3/c1-20(2)22-8-10-23(11-9-22)31-30(36)35-17-14-27-26(19-35)28(38-25-7-5-6-24(18-25)37-4)33-29(32-27)34-15-12-21(3)13-16-34/h5-11,18,20-21H,12-17,19H2,1-4H3,(H,31,36). The second-order valence-electron chi connectivity index (χ2n) is 10.6. The number of piperidine rings is 1. The minimum absolute atomic E-state index is 0.144. The molecule has 0 spiro atoms. The number of amides is 2. The summed E-state index contributed by atoms with van der Waals surface area (Å²) in [5.74, 6) is 3.70. The van der Waals surface area contributed by atoms with Crippen molar-refractivity contribution in [1.29, 1.82) is 0 Å². The summed E-state index contributed by atoms with van der Waals surface area (Å²) in [4.78, 5) is 27.1. The predicted molar refractivity (Wildman–Crippen MR) is 149 cm³/mol. The smallest absolute Gasteiger partial charge is 0.322 e. The van der Waals surface area contributed by atoms with Gasteiger partial charge in [-0.15, -0.1) is 0 Å². The Morgan fingerprint density at radius 1 is 1.03 bits per heavy atom. The van der Waals surface area contributed by atoms with E-state index in [0.29, 0.717) is 54.7 Å². The summed E-state index contributed by atoms with van der Waals surface area (Å²) in [5, 5.41) is 3.04. The van der Waals surface area contributed by atoms with E-state index < -0.39 is 0 Å². The molecule has 2 aliphatic rings. The molecule has 38 heavy (non-hydrogen) atoms. The second kappa shape index (κ2) is 11.3. The fourth-order valence-electron chi connectivity index (χ4n) is 4.91. The molecule has 0 saturated carbocycles. The highest BCUT2D eigenvalue weighted by molar-refractivity contribution is 5.89. The molecule has 1 aromatic heterocycles. The van der Waals surface area contributed by atoms with Crippen molar-refractivity contribution in [2.75, 3.05) is 37.0 Å². The van der Waals surface area contributed by atoms with Gasteiger partial charge in [-0.25, -0.2) is 9.78 Å². The molecule has 1 N–H and O–H groups in total. The van der Waals surface area contributed by atoms with Gasteiger partial charge in [0.25, 0.3) is 0 Å². The molecule has 5 rings (SSSR count). The van der Waals surface area contributed by atoms with Crippen molar-refractivity contribution in [2.45, 2.75) is 52.5 Å². The quantitative estimate of drug-likeness (QED) is 0.419. The van der Waals surface area contributed by atoms with Gasteiger partial charge < -0.3 is 24.6 Å². The highest BCUT2D eigenvalue weighted by atomic mass is 16.5. The van der Waals surface area contributed by atoms with E-state index >= 15 is 0 Å². The third-order valence-electron chi connectivity index (χ3n) is 7.45. The molecule has 3 heterocycles. The van der Waals surface area contributed by atoms with Gasteiger partial charge >= 0.3 is 6.03 Å². The number of carbonyl (C=O) groups excluding carboxylic acids is 1. The van der Waals surface area contributed by atoms with Crippen LogP contribution >= 0.6 is 0 Å². The van der Waals surface area contributed by atoms with E-state index in [9.17, 15) is 4.79 Å². The molecule has 2 aliphatic heterocycles. The average Bonchev–Trinajstić information content (AvgIpc) is 2.93. The Morgan fingerprint density at radius 2 is 1.76 bits per heavy atom. The van der Waals surface area contributed by atoms with Crippen molar-refractivity contribution in [2.24, 2.45) is 5.92 Å². The molecule has 0 bridgehead atoms. The van der Waals surface area contributed by atoms with Gasteiger partial charge in [0.2, 0.25) is 11.8 Å². The van der Waals surface area contributed by atoms with Crippen LogP contribution in [-0.2, 0) is 13.0 Å². The Morgan fingerprint density at radius 3 is 2.47 bits per heavy atom. The third kappa shape index (κ3) is 5.85. The molecular formula is C30H37N5O3. The Balaban J connectivity index is 1.39. The Labute approximate surface area is 225 Å². The maximum Gasteiger partial charge on any atom is 0.322 e. The number of methoxy groups -OCH3 is 1. The van der Waals surface area contributed by atoms with Gasteiger partial charge in [-0.05, 0) is 54.5 Å². The van der Waals surface area contributed by atoms with Gasteiger partial charge in [-0.2, -0.15) is 4.98 Å². The summed E-state index contributed by atoms with van der Waals surface area (Å²) in [6.45, 7) is 9.43. The van der Waals surface area contributed by atoms with E-state index in [1.165, 1.54) is 5.56 Å². The maximum atomic E-state index is 13.2. The zero-order chi connectivity index (χ0) is 26.6. The summed E-state index contributed by atoms with van der Waals surface area (Å²) in [7, 11) is 1.63. The lowest BCUT2D eigenvalue weighted by Gasteiger charge is -2.33. The van der Waals surface area contributed by atoms with Crippen molar-refractivity contribution in [3.8, 4) is 17.4 Å². The van der Waals surface area contributed by atoms with Crippen LogP contribution in [0.15, 0.2) is 48.5 Å². The van der Waals surface area contributed by atoms with Gasteiger partial charge in [-0.1, -0.05) is 39.0 Å². The topological polar surface area (TPSA) is 79.8 Å². The maximum absolute atomic E-state index is 13.2. The van der Waals surface area contributed by atoms with Crippen LogP contribution < -0.4 is 19.7 Å². The second-order valence-corrected chi connectivity index (χ2v) is 10.6. The van der Waals surface area contributed by atoms with Crippen molar-refractivity contribution in [3.63, 3.8) is 0 Å². The molecule has 8 nitrogen and oxygen atoms in total. The zero-order valence-electron chi connectivity index (χ0n) is 22.7. The van der Waals surface area contributed by atoms with Crippen LogP contribution in [0, 0.1) is 5.92 Å². The fraction of sp³-hybridized carbons (Fsp3) is 0.433. The lowest BCUT2D eigenvalue weighted by atomic mass is 9.99. The largest absolute Gasteiger partial charge is 0.497 e. The highest BCUT2D eigenvalue weighted by Gasteiger charge is 2.29. The number of urea groups is 1. The Kier molecular flexibility index (Phi) is 7.67. The molecule has 0 aliphatic carbocycles. The molecule has 2 amide bonds. The summed E-state index contributed by atoms with van der Waals surface area (Å²) < 4.78 is 11.7. The number of aromatic nitrogens is 2. The average molecular weight is 516 g/mol. The molecule has 8 heteroatoms. The van der Waals surface area contributed by atoms with E-state index in [0.717, 1.165) is 42.9 Å². The van der Waals surface area contributed by atoms with Crippen LogP contribution in [0.2, 0.25) is 0 Å². The van der Waals surface area contributed by atoms with Crippen molar-refractivity contribution < 1.29 is 14.3 Å². The Hall–Kier alpha value is -3.81. The number of fused-ring (bicyclic) bond motifs is 1. The van der Waals surface area contributed by atoms with Gasteiger partial charge in [0.15, 0.2) is 0 Å². The van der Waals surface area contributed by atoms with Gasteiger partial charge in [0, 0.05) is 37.8 Å². The number of carbonyl (C=O) groups is 1. The van der Waals surface area contributed by atoms with Gasteiger partial charge in [0.1, 0.15) is 11.5 Å². The summed E-state index contributed by atoms with van der Waals surface area (Å²) in [6.07, 6.45) is 2.89. The molecule has 1 saturated heterocycles. The van der Waals surface area contributed by atoms with E-state index in [-0.39, 0.29) is 6.03 Å². The SMILES string of the molecule is COc1cccc(Oc2nc(N3CCC(C)CC3)nc3c2CN(C(=O)Nc2ccc(C(C)C)cc2)CC3)c1. The molecule has 1 fully saturated rings. The summed E-state index contributed by atoms with van der Waals surface area (Å²) in [5.41, 5.74) is 3.81. The monoisotopic (exact) mass is 515 g/mol. The van der Waals surface area contributed by atoms with Gasteiger partial charge in [-0.3, -0.25) is 0 Å². The van der Waals surface area contributed by atoms with Gasteiger partial charge in [0.05, 0.1) is 24.9 Å². The van der Waals surface area contributed by atoms with E-state index in [1.807, 2.05) is 36.4 Å². The van der Waals surface area contributed by atoms with E-state index in [1.54, 1.807) is 12.0 Å². The van der Waals surface area contributed by atoms with Crippen molar-refractivity contribution >= 4 is 17.7 Å². The first-order chi connectivity index (χ1) is 18.4. The van der Waals surface area contributed by atoms with Crippen LogP contribution in [0.5, 0.6) is 17.4 Å². The minimum Gasteiger partial charge on any atom is -0.497 e. The number of anilines is 2. The number of hydrogen-bond donors (Lipinski definition) is 1. The lowest BCUT2D eigenvalue weighted by Crippen LogP contribution is -2.40. The third-order valence-corrected chi connectivity index (χ3v) is 7.45. The Bertz CT molecular complexity index is 1270. The van der Waals surface area contributed by atoms with Crippen molar-refractivity contribution in [1.82, 2.24) is 14.9 Å². The van der Waals surface area contributed by atoms with E-state index in [2.05, 4.69) is 43.1 Å². The zero-order valence-corrected chi connectivity index (χ0v) is 22.7. The van der Waals surface area contributed by atoms with Crippen molar-refractivity contribution in [3.05, 3.63) is 65.4 Å². The van der Waals surface area contributed by atoms with E-state index in [4.69, 9.17) is 19.4 Å². The van der Waals surface area contributed by atoms with Crippen LogP contribution in [0.1, 0.15) is 56.4 Å². The normalized spacial score (nSPS) is 15.8. The molecule has 0 atom stereocenters. The van der Waals surface area contributed by atoms with Crippen LogP contribution in [0.4, 0.5) is 16.4 Å². The predicted octanol–water partition coefficient (Wildman–Crippen LogP) is 6.23. The minimum atomic E-state index is -0.144. The molecule has 2 aromatic carbocycles. The molecule has 0 unspecified atom stereocenters.